The first kappa shape index (κ1) is 93.1. The summed E-state index contributed by atoms with van der Waals surface area (Å²) in [5.41, 5.74) is 0. The summed E-state index contributed by atoms with van der Waals surface area (Å²) in [5.74, 6) is -1.31. The molecule has 0 aliphatic heterocycles. The third kappa shape index (κ3) is 70.3. The van der Waals surface area contributed by atoms with Crippen molar-refractivity contribution in [2.45, 2.75) is 419 Å². The third-order valence-corrected chi connectivity index (χ3v) is 19.7. The number of rotatable bonds is 76. The van der Waals surface area contributed by atoms with Crippen molar-refractivity contribution in [3.05, 3.63) is 0 Å². The highest BCUT2D eigenvalue weighted by atomic mass is 31.2. The lowest BCUT2D eigenvalue weighted by Gasteiger charge is -2.21. The van der Waals surface area contributed by atoms with Gasteiger partial charge in [-0.2, -0.15) is 0 Å². The highest BCUT2D eigenvalue weighted by Crippen LogP contribution is 2.45. The van der Waals surface area contributed by atoms with Crippen LogP contribution in [0.1, 0.15) is 401 Å². The third-order valence-electron chi connectivity index (χ3n) is 17.8. The minimum Gasteiger partial charge on any atom is -0.462 e. The number of unbranched alkanes of at least 4 members (excludes halogenated alkanes) is 48. The van der Waals surface area contributed by atoms with Crippen molar-refractivity contribution in [2.75, 3.05) is 39.6 Å². The van der Waals surface area contributed by atoms with Crippen molar-refractivity contribution >= 4 is 39.5 Å². The number of ether oxygens (including phenoxy) is 4. The van der Waals surface area contributed by atoms with Gasteiger partial charge in [0, 0.05) is 25.7 Å². The molecule has 0 aromatic carbocycles. The Bertz CT molecular complexity index is 1820. The highest BCUT2D eigenvalue weighted by molar-refractivity contribution is 7.47. The molecule has 5 atom stereocenters. The van der Waals surface area contributed by atoms with E-state index in [4.69, 9.17) is 37.0 Å². The molecule has 0 saturated carbocycles. The number of hydrogen-bond acceptors (Lipinski definition) is 15. The standard InChI is InChI=1S/C76H148O17P2/c1-6-9-12-15-18-21-23-25-26-29-32-36-40-45-50-55-60-74(79)87-66-72(93-76(81)62-57-52-47-42-37-33-30-27-28-31-34-39-43-48-53-58-69(4)5)68-91-95(84,85)89-64-70(77)63-88-94(82,83)90-67-71(65-86-73(78)59-54-49-44-38-20-17-14-11-8-3)92-75(80)61-56-51-46-41-35-24-22-19-16-13-10-7-2/h69-72,77H,6-68H2,1-5H3,(H,82,83)(H,84,85)/t70-,71+,72+/m0/s1. The number of aliphatic hydroxyl groups excluding tert-OH is 1. The maximum Gasteiger partial charge on any atom is 0.472 e. The summed E-state index contributed by atoms with van der Waals surface area (Å²) in [6.45, 7) is 7.31. The second-order valence-electron chi connectivity index (χ2n) is 27.9. The van der Waals surface area contributed by atoms with Gasteiger partial charge >= 0.3 is 39.5 Å². The second-order valence-corrected chi connectivity index (χ2v) is 30.8. The van der Waals surface area contributed by atoms with Crippen LogP contribution in [0.15, 0.2) is 0 Å². The van der Waals surface area contributed by atoms with E-state index in [1.165, 1.54) is 225 Å². The molecule has 564 valence electrons. The molecule has 2 unspecified atom stereocenters. The molecule has 0 rings (SSSR count). The van der Waals surface area contributed by atoms with Crippen LogP contribution in [0.25, 0.3) is 0 Å². The molecule has 0 aromatic heterocycles. The zero-order chi connectivity index (χ0) is 69.8. The van der Waals surface area contributed by atoms with Crippen LogP contribution >= 0.6 is 15.6 Å². The van der Waals surface area contributed by atoms with Crippen molar-refractivity contribution in [3.63, 3.8) is 0 Å². The number of phosphoric acid groups is 2. The quantitative estimate of drug-likeness (QED) is 0.0222. The Balaban J connectivity index is 5.22. The van der Waals surface area contributed by atoms with Gasteiger partial charge in [0.15, 0.2) is 12.2 Å². The van der Waals surface area contributed by atoms with Gasteiger partial charge in [-0.1, -0.05) is 349 Å². The summed E-state index contributed by atoms with van der Waals surface area (Å²) in [6, 6.07) is 0. The molecular formula is C76H148O17P2. The number of carbonyl (C=O) groups excluding carboxylic acids is 4. The number of hydrogen-bond donors (Lipinski definition) is 3. The Morgan fingerprint density at radius 1 is 0.284 bits per heavy atom. The predicted octanol–water partition coefficient (Wildman–Crippen LogP) is 22.5. The van der Waals surface area contributed by atoms with Gasteiger partial charge in [-0.05, 0) is 31.6 Å². The zero-order valence-electron chi connectivity index (χ0n) is 61.8. The van der Waals surface area contributed by atoms with Gasteiger partial charge in [-0.25, -0.2) is 9.13 Å². The van der Waals surface area contributed by atoms with Crippen molar-refractivity contribution < 1.29 is 80.2 Å². The Morgan fingerprint density at radius 2 is 0.484 bits per heavy atom. The molecule has 0 heterocycles. The molecule has 0 fully saturated rings. The Hall–Kier alpha value is -1.94. The molecule has 0 spiro atoms. The van der Waals surface area contributed by atoms with E-state index >= 15 is 0 Å². The van der Waals surface area contributed by atoms with E-state index in [1.807, 2.05) is 0 Å². The molecular weight excluding hydrogens is 1250 g/mol. The van der Waals surface area contributed by atoms with Crippen LogP contribution in [-0.2, 0) is 65.4 Å². The monoisotopic (exact) mass is 1400 g/mol. The maximum absolute atomic E-state index is 13.1. The largest absolute Gasteiger partial charge is 0.472 e. The minimum absolute atomic E-state index is 0.108. The molecule has 0 amide bonds. The Kier molecular flexibility index (Phi) is 67.7. The average Bonchev–Trinajstić information content (AvgIpc) is 2.10. The van der Waals surface area contributed by atoms with Gasteiger partial charge in [0.2, 0.25) is 0 Å². The molecule has 0 aliphatic carbocycles. The molecule has 3 N–H and O–H groups in total. The lowest BCUT2D eigenvalue weighted by molar-refractivity contribution is -0.161. The van der Waals surface area contributed by atoms with Gasteiger partial charge in [-0.15, -0.1) is 0 Å². The normalized spacial score (nSPS) is 13.9. The van der Waals surface area contributed by atoms with E-state index in [-0.39, 0.29) is 25.7 Å². The van der Waals surface area contributed by atoms with Gasteiger partial charge in [0.1, 0.15) is 19.3 Å². The van der Waals surface area contributed by atoms with Crippen molar-refractivity contribution in [3.8, 4) is 0 Å². The van der Waals surface area contributed by atoms with Crippen LogP contribution in [0.3, 0.4) is 0 Å². The van der Waals surface area contributed by atoms with Crippen LogP contribution in [0.2, 0.25) is 0 Å². The lowest BCUT2D eigenvalue weighted by Crippen LogP contribution is -2.30. The van der Waals surface area contributed by atoms with E-state index in [9.17, 15) is 43.2 Å². The van der Waals surface area contributed by atoms with E-state index in [1.54, 1.807) is 0 Å². The Labute approximate surface area is 581 Å². The van der Waals surface area contributed by atoms with Gasteiger partial charge in [-0.3, -0.25) is 37.3 Å². The van der Waals surface area contributed by atoms with E-state index in [0.29, 0.717) is 25.7 Å². The van der Waals surface area contributed by atoms with Gasteiger partial charge in [0.25, 0.3) is 0 Å². The SMILES string of the molecule is CCCCCCCCCCCCCCCCCCC(=O)OC[C@H](COP(=O)(O)OC[C@@H](O)COP(=O)(O)OC[C@@H](COC(=O)CCCCCCCCCCC)OC(=O)CCCCCCCCCCCCCC)OC(=O)CCCCCCCCCCCCCCCCCC(C)C. The fourth-order valence-electron chi connectivity index (χ4n) is 11.7. The van der Waals surface area contributed by atoms with Crippen LogP contribution in [0.4, 0.5) is 0 Å². The smallest absolute Gasteiger partial charge is 0.462 e. The molecule has 0 aliphatic rings. The molecule has 95 heavy (non-hydrogen) atoms. The van der Waals surface area contributed by atoms with E-state index in [2.05, 4.69) is 34.6 Å². The molecule has 0 bridgehead atoms. The van der Waals surface area contributed by atoms with E-state index in [0.717, 1.165) is 95.8 Å². The summed E-state index contributed by atoms with van der Waals surface area (Å²) in [5, 5.41) is 10.6. The number of phosphoric ester groups is 2. The second kappa shape index (κ2) is 69.2. The van der Waals surface area contributed by atoms with Crippen molar-refractivity contribution in [1.29, 1.82) is 0 Å². The maximum atomic E-state index is 13.1. The molecule has 0 radical (unpaired) electrons. The first-order valence-electron chi connectivity index (χ1n) is 39.6. The van der Waals surface area contributed by atoms with Crippen molar-refractivity contribution in [2.24, 2.45) is 5.92 Å². The summed E-state index contributed by atoms with van der Waals surface area (Å²) in [6.07, 6.45) is 58.2. The van der Waals surface area contributed by atoms with Crippen LogP contribution in [-0.4, -0.2) is 96.7 Å². The first-order chi connectivity index (χ1) is 46.0. The molecule has 17 nitrogen and oxygen atoms in total. The highest BCUT2D eigenvalue weighted by Gasteiger charge is 2.30. The Morgan fingerprint density at radius 3 is 0.716 bits per heavy atom. The van der Waals surface area contributed by atoms with Crippen molar-refractivity contribution in [1.82, 2.24) is 0 Å². The molecule has 0 aromatic rings. The molecule has 19 heteroatoms. The summed E-state index contributed by atoms with van der Waals surface area (Å²) in [4.78, 5) is 72.8. The molecule has 0 saturated heterocycles. The van der Waals surface area contributed by atoms with Gasteiger partial charge < -0.3 is 33.8 Å². The topological polar surface area (TPSA) is 237 Å². The number of esters is 4. The average molecular weight is 1400 g/mol. The zero-order valence-corrected chi connectivity index (χ0v) is 63.6. The first-order valence-corrected chi connectivity index (χ1v) is 42.6. The van der Waals surface area contributed by atoms with E-state index < -0.39 is 97.5 Å². The fraction of sp³-hybridized carbons (Fsp3) is 0.947. The summed E-state index contributed by atoms with van der Waals surface area (Å²) < 4.78 is 68.5. The number of carbonyl (C=O) groups is 4. The van der Waals surface area contributed by atoms with Crippen LogP contribution in [0.5, 0.6) is 0 Å². The summed E-state index contributed by atoms with van der Waals surface area (Å²) >= 11 is 0. The predicted molar refractivity (Wildman–Crippen MR) is 386 cm³/mol. The van der Waals surface area contributed by atoms with Gasteiger partial charge in [0.05, 0.1) is 26.4 Å². The fourth-order valence-corrected chi connectivity index (χ4v) is 13.3. The van der Waals surface area contributed by atoms with Crippen LogP contribution < -0.4 is 0 Å². The summed E-state index contributed by atoms with van der Waals surface area (Å²) in [7, 11) is -9.91. The van der Waals surface area contributed by atoms with Crippen LogP contribution in [0, 0.1) is 5.92 Å². The minimum atomic E-state index is -4.96. The lowest BCUT2D eigenvalue weighted by atomic mass is 10.0. The number of aliphatic hydroxyl groups is 1.